The molecule has 1 N–H and O–H groups in total. The summed E-state index contributed by atoms with van der Waals surface area (Å²) >= 11 is 0. The van der Waals surface area contributed by atoms with Crippen LogP contribution in [0.15, 0.2) is 35.4 Å². The number of hydrazone groups is 1. The molecule has 0 aliphatic carbocycles. The van der Waals surface area contributed by atoms with Crippen LogP contribution in [0.5, 0.6) is 17.2 Å². The Morgan fingerprint density at radius 2 is 2.04 bits per heavy atom. The van der Waals surface area contributed by atoms with Gasteiger partial charge in [-0.25, -0.2) is 5.43 Å². The zero-order valence-electron chi connectivity index (χ0n) is 15.0. The maximum Gasteiger partial charge on any atom is 0.277 e. The number of carbonyl (C=O) groups is 1. The Bertz CT molecular complexity index is 895. The first-order valence-corrected chi connectivity index (χ1v) is 7.87. The fourth-order valence-electron chi connectivity index (χ4n) is 2.19. The number of hydrogen-bond acceptors (Lipinski definition) is 7. The Hall–Kier alpha value is -3.62. The van der Waals surface area contributed by atoms with Crippen LogP contribution in [-0.4, -0.2) is 30.8 Å². The molecule has 0 saturated carbocycles. The second-order valence-electron chi connectivity index (χ2n) is 5.60. The van der Waals surface area contributed by atoms with Gasteiger partial charge in [0.1, 0.15) is 11.5 Å². The van der Waals surface area contributed by atoms with Gasteiger partial charge in [-0.3, -0.25) is 14.9 Å². The van der Waals surface area contributed by atoms with Gasteiger partial charge in [-0.1, -0.05) is 17.9 Å². The van der Waals surface area contributed by atoms with Crippen LogP contribution in [-0.2, 0) is 4.79 Å². The number of non-ortho nitro benzene ring substituents is 1. The first kappa shape index (κ1) is 19.7. The number of carbonyl (C=O) groups excluding carboxylic acids is 1. The highest BCUT2D eigenvalue weighted by molar-refractivity contribution is 5.87. The highest BCUT2D eigenvalue weighted by atomic mass is 16.6. The van der Waals surface area contributed by atoms with Crippen LogP contribution >= 0.6 is 0 Å². The monoisotopic (exact) mass is 372 g/mol. The maximum absolute atomic E-state index is 12.1. The number of nitrogens with one attached hydrogen (secondary N) is 1. The van der Waals surface area contributed by atoms with Crippen molar-refractivity contribution < 1.29 is 24.3 Å². The molecule has 142 valence electrons. The largest absolute Gasteiger partial charge is 0.870 e. The Balaban J connectivity index is 2.02. The lowest BCUT2D eigenvalue weighted by molar-refractivity contribution is -0.385. The summed E-state index contributed by atoms with van der Waals surface area (Å²) in [6, 6.07) is 7.57. The van der Waals surface area contributed by atoms with Gasteiger partial charge in [0.05, 0.1) is 24.3 Å². The third-order valence-electron chi connectivity index (χ3n) is 3.81. The molecule has 0 spiro atoms. The summed E-state index contributed by atoms with van der Waals surface area (Å²) in [6.07, 6.45) is 1.02. The molecule has 0 aliphatic heterocycles. The van der Waals surface area contributed by atoms with Gasteiger partial charge >= 0.3 is 0 Å². The second kappa shape index (κ2) is 8.65. The van der Waals surface area contributed by atoms with Gasteiger partial charge in [0.2, 0.25) is 0 Å². The minimum atomic E-state index is -0.657. The fraction of sp³-hybridized carbons (Fsp3) is 0.222. The van der Waals surface area contributed by atoms with E-state index in [4.69, 9.17) is 9.47 Å². The molecule has 0 heterocycles. The predicted octanol–water partition coefficient (Wildman–Crippen LogP) is 1.82. The minimum Gasteiger partial charge on any atom is -0.870 e. The fourth-order valence-corrected chi connectivity index (χ4v) is 2.19. The summed E-state index contributed by atoms with van der Waals surface area (Å²) in [5, 5.41) is 26.6. The Morgan fingerprint density at radius 3 is 2.70 bits per heavy atom. The van der Waals surface area contributed by atoms with Gasteiger partial charge < -0.3 is 14.6 Å². The van der Waals surface area contributed by atoms with E-state index in [1.54, 1.807) is 6.07 Å². The van der Waals surface area contributed by atoms with E-state index in [-0.39, 0.29) is 23.6 Å². The molecule has 1 amide bonds. The van der Waals surface area contributed by atoms with Gasteiger partial charge in [0.25, 0.3) is 11.6 Å². The van der Waals surface area contributed by atoms with E-state index in [0.717, 1.165) is 29.5 Å². The van der Waals surface area contributed by atoms with E-state index in [1.807, 2.05) is 26.0 Å². The van der Waals surface area contributed by atoms with Crippen molar-refractivity contribution in [1.29, 1.82) is 0 Å². The van der Waals surface area contributed by atoms with Crippen LogP contribution in [0.3, 0.4) is 0 Å². The SMILES string of the molecule is COc1cc([N+](=O)[O-])cc(/C=N\NC(=O)COc2cccc(C)c2C)c1[O-]. The Labute approximate surface area is 155 Å². The molecule has 0 aromatic heterocycles. The predicted molar refractivity (Wildman–Crippen MR) is 96.2 cm³/mol. The molecule has 0 saturated heterocycles. The van der Waals surface area contributed by atoms with E-state index in [1.165, 1.54) is 7.11 Å². The lowest BCUT2D eigenvalue weighted by Crippen LogP contribution is -2.24. The third kappa shape index (κ3) is 4.94. The molecule has 9 nitrogen and oxygen atoms in total. The van der Waals surface area contributed by atoms with Crippen molar-refractivity contribution in [2.24, 2.45) is 5.10 Å². The molecule has 0 radical (unpaired) electrons. The molecule has 0 bridgehead atoms. The molecular weight excluding hydrogens is 354 g/mol. The van der Waals surface area contributed by atoms with Gasteiger partial charge in [-0.05, 0) is 36.6 Å². The standard InChI is InChI=1S/C18H19N3O6/c1-11-5-4-6-15(12(11)2)27-10-17(22)20-19-9-13-7-14(21(24)25)8-16(26-3)18(13)23/h4-9,23H,10H2,1-3H3,(H,20,22)/p-1/b19-9-. The molecule has 2 aromatic carbocycles. The zero-order chi connectivity index (χ0) is 20.0. The molecule has 0 fully saturated rings. The highest BCUT2D eigenvalue weighted by Gasteiger charge is 2.11. The van der Waals surface area contributed by atoms with Crippen molar-refractivity contribution in [3.63, 3.8) is 0 Å². The number of nitro benzene ring substituents is 1. The molecule has 27 heavy (non-hydrogen) atoms. The zero-order valence-corrected chi connectivity index (χ0v) is 15.0. The van der Waals surface area contributed by atoms with Crippen LogP contribution < -0.4 is 20.0 Å². The van der Waals surface area contributed by atoms with E-state index in [9.17, 15) is 20.0 Å². The smallest absolute Gasteiger partial charge is 0.277 e. The Morgan fingerprint density at radius 1 is 1.30 bits per heavy atom. The van der Waals surface area contributed by atoms with Crippen LogP contribution in [0.4, 0.5) is 5.69 Å². The van der Waals surface area contributed by atoms with E-state index in [0.29, 0.717) is 5.75 Å². The maximum atomic E-state index is 12.1. The summed E-state index contributed by atoms with van der Waals surface area (Å²) in [4.78, 5) is 22.1. The summed E-state index contributed by atoms with van der Waals surface area (Å²) < 4.78 is 10.3. The van der Waals surface area contributed by atoms with Crippen LogP contribution in [0.2, 0.25) is 0 Å². The van der Waals surface area contributed by atoms with Gasteiger partial charge in [-0.2, -0.15) is 5.10 Å². The van der Waals surface area contributed by atoms with Crippen molar-refractivity contribution in [3.8, 4) is 17.2 Å². The molecule has 2 rings (SSSR count). The highest BCUT2D eigenvalue weighted by Crippen LogP contribution is 2.31. The van der Waals surface area contributed by atoms with Gasteiger partial charge in [0.15, 0.2) is 6.61 Å². The van der Waals surface area contributed by atoms with Gasteiger partial charge in [0, 0.05) is 6.07 Å². The average molecular weight is 372 g/mol. The first-order chi connectivity index (χ1) is 12.8. The topological polar surface area (TPSA) is 126 Å². The number of aryl methyl sites for hydroxylation is 1. The molecule has 0 unspecified atom stereocenters. The van der Waals surface area contributed by atoms with Crippen molar-refractivity contribution in [2.45, 2.75) is 13.8 Å². The minimum absolute atomic E-state index is 0.0863. The Kier molecular flexibility index (Phi) is 6.32. The quantitative estimate of drug-likeness (QED) is 0.449. The summed E-state index contributed by atoms with van der Waals surface area (Å²) in [7, 11) is 1.23. The molecular formula is C18H18N3O6-. The number of rotatable bonds is 7. The van der Waals surface area contributed by atoms with Crippen molar-refractivity contribution in [3.05, 3.63) is 57.1 Å². The number of ether oxygens (including phenoxy) is 2. The lowest BCUT2D eigenvalue weighted by Gasteiger charge is -2.14. The summed E-state index contributed by atoms with van der Waals surface area (Å²) in [5.74, 6) is -0.723. The van der Waals surface area contributed by atoms with E-state index >= 15 is 0 Å². The third-order valence-corrected chi connectivity index (χ3v) is 3.81. The second-order valence-corrected chi connectivity index (χ2v) is 5.60. The average Bonchev–Trinajstić information content (AvgIpc) is 2.64. The van der Waals surface area contributed by atoms with Crippen molar-refractivity contribution in [2.75, 3.05) is 13.7 Å². The molecule has 0 aliphatic rings. The number of nitro groups is 1. The molecule has 0 atom stereocenters. The summed E-state index contributed by atoms with van der Waals surface area (Å²) in [6.45, 7) is 3.54. The number of methoxy groups -OCH3 is 1. The summed E-state index contributed by atoms with van der Waals surface area (Å²) in [5.41, 5.74) is 3.76. The van der Waals surface area contributed by atoms with Crippen LogP contribution in [0.25, 0.3) is 0 Å². The molecule has 2 aromatic rings. The first-order valence-electron chi connectivity index (χ1n) is 7.87. The van der Waals surface area contributed by atoms with Crippen molar-refractivity contribution >= 4 is 17.8 Å². The number of benzene rings is 2. The van der Waals surface area contributed by atoms with E-state index < -0.39 is 16.6 Å². The van der Waals surface area contributed by atoms with Crippen LogP contribution in [0.1, 0.15) is 16.7 Å². The molecule has 9 heteroatoms. The van der Waals surface area contributed by atoms with E-state index in [2.05, 4.69) is 10.5 Å². The van der Waals surface area contributed by atoms with Crippen molar-refractivity contribution in [1.82, 2.24) is 5.43 Å². The number of nitrogens with zero attached hydrogens (tertiary/aromatic N) is 2. The normalized spacial score (nSPS) is 10.6. The lowest BCUT2D eigenvalue weighted by atomic mass is 10.1. The number of hydrogen-bond donors (Lipinski definition) is 1. The van der Waals surface area contributed by atoms with Crippen LogP contribution in [0, 0.1) is 24.0 Å². The van der Waals surface area contributed by atoms with Gasteiger partial charge in [-0.15, -0.1) is 0 Å². The number of amides is 1.